The number of nitrogens with two attached hydrogens (primary N) is 1. The maximum absolute atomic E-state index is 11.5. The minimum absolute atomic E-state index is 0.0206. The van der Waals surface area contributed by atoms with Gasteiger partial charge in [0.15, 0.2) is 0 Å². The molecule has 8 nitrogen and oxygen atoms in total. The molecule has 144 valence electrons. The number of nitrogens with zero attached hydrogens (tertiary/aromatic N) is 5. The van der Waals surface area contributed by atoms with Crippen LogP contribution in [0.1, 0.15) is 49.1 Å². The lowest BCUT2D eigenvalue weighted by Crippen LogP contribution is -2.19. The maximum Gasteiger partial charge on any atom is 0.269 e. The van der Waals surface area contributed by atoms with E-state index in [1.54, 1.807) is 29.1 Å². The number of carbonyl (C=O) groups is 1. The van der Waals surface area contributed by atoms with Gasteiger partial charge in [-0.2, -0.15) is 15.5 Å². The van der Waals surface area contributed by atoms with Crippen molar-refractivity contribution < 1.29 is 11.3 Å². The van der Waals surface area contributed by atoms with Crippen LogP contribution in [0.3, 0.4) is 0 Å². The van der Waals surface area contributed by atoms with Crippen LogP contribution in [0.15, 0.2) is 36.5 Å². The maximum atomic E-state index is 11.5. The third-order valence-electron chi connectivity index (χ3n) is 4.25. The van der Waals surface area contributed by atoms with Crippen molar-refractivity contribution in [2.45, 2.75) is 32.5 Å². The average molecular weight is 400 g/mol. The summed E-state index contributed by atoms with van der Waals surface area (Å²) in [6, 6.07) is 9.90. The highest BCUT2D eigenvalue weighted by molar-refractivity contribution is 6.32. The number of rotatable bonds is 6. The van der Waals surface area contributed by atoms with Crippen LogP contribution in [0, 0.1) is 11.3 Å². The summed E-state index contributed by atoms with van der Waals surface area (Å²) in [7, 11) is 0. The lowest BCUT2D eigenvalue weighted by atomic mass is 10.1. The van der Waals surface area contributed by atoms with Crippen molar-refractivity contribution in [3.63, 3.8) is 0 Å². The topological polar surface area (TPSA) is 123 Å². The molecule has 0 aliphatic heterocycles. The van der Waals surface area contributed by atoms with E-state index in [2.05, 4.69) is 10.2 Å². The molecule has 0 radical (unpaired) electrons. The number of benzene rings is 1. The molecule has 1 amide bonds. The van der Waals surface area contributed by atoms with Crippen LogP contribution in [0.2, 0.25) is 5.02 Å². The zero-order valence-electron chi connectivity index (χ0n) is 16.3. The van der Waals surface area contributed by atoms with Gasteiger partial charge in [-0.05, 0) is 38.1 Å². The zero-order valence-corrected chi connectivity index (χ0v) is 16.1. The Hall–Kier alpha value is -3.15. The third-order valence-corrected chi connectivity index (χ3v) is 4.57. The fourth-order valence-corrected chi connectivity index (χ4v) is 3.07. The second kappa shape index (κ2) is 7.84. The van der Waals surface area contributed by atoms with Crippen molar-refractivity contribution in [3.8, 4) is 17.3 Å². The molecule has 9 heteroatoms. The van der Waals surface area contributed by atoms with Gasteiger partial charge in [-0.1, -0.05) is 17.7 Å². The summed E-state index contributed by atoms with van der Waals surface area (Å²) in [6.07, 6.45) is -0.168. The Kier molecular flexibility index (Phi) is 5.10. The normalized spacial score (nSPS) is 14.8. The Balaban J connectivity index is 1.86. The molecule has 2 atom stereocenters. The summed E-state index contributed by atoms with van der Waals surface area (Å²) < 4.78 is 11.0. The van der Waals surface area contributed by atoms with Gasteiger partial charge in [-0.25, -0.2) is 0 Å². The van der Waals surface area contributed by atoms with E-state index in [9.17, 15) is 9.90 Å². The number of hydrogen-bond donors (Lipinski definition) is 2. The molecule has 0 saturated heterocycles. The van der Waals surface area contributed by atoms with Crippen molar-refractivity contribution in [2.75, 3.05) is 0 Å². The van der Waals surface area contributed by atoms with E-state index in [0.717, 1.165) is 5.56 Å². The first-order chi connectivity index (χ1) is 13.6. The standard InChI is InChI=1S/C19H19ClN6O2/c1-11(26-18(12(2)27)8-17(24-26)19(22)28)10-25-6-5-16(23-25)13-3-4-14(9-21)15(20)7-13/h3-8,11-12,27H,10H2,1-2H3,(H2,22,28)/t11-,12?/m0/s1/i12D. The number of carbonyl (C=O) groups excluding carboxylic acids is 1. The van der Waals surface area contributed by atoms with Crippen LogP contribution in [0.25, 0.3) is 11.3 Å². The Morgan fingerprint density at radius 2 is 2.14 bits per heavy atom. The first-order valence-electron chi connectivity index (χ1n) is 8.96. The predicted octanol–water partition coefficient (Wildman–Crippen LogP) is 2.69. The van der Waals surface area contributed by atoms with Crippen LogP contribution in [0.5, 0.6) is 0 Å². The summed E-state index contributed by atoms with van der Waals surface area (Å²) in [5.41, 5.74) is 7.26. The van der Waals surface area contributed by atoms with Gasteiger partial charge in [0.05, 0.1) is 42.0 Å². The Bertz CT molecular complexity index is 1110. The van der Waals surface area contributed by atoms with Crippen LogP contribution in [-0.2, 0) is 6.54 Å². The van der Waals surface area contributed by atoms with Crippen LogP contribution in [0.4, 0.5) is 0 Å². The highest BCUT2D eigenvalue weighted by Gasteiger charge is 2.19. The van der Waals surface area contributed by atoms with E-state index in [4.69, 9.17) is 24.0 Å². The number of aliphatic hydroxyl groups is 1. The minimum Gasteiger partial charge on any atom is -0.387 e. The largest absolute Gasteiger partial charge is 0.387 e. The Labute approximate surface area is 168 Å². The van der Waals surface area contributed by atoms with Crippen LogP contribution < -0.4 is 5.73 Å². The average Bonchev–Trinajstić information content (AvgIpc) is 3.28. The Morgan fingerprint density at radius 1 is 1.39 bits per heavy atom. The van der Waals surface area contributed by atoms with E-state index in [1.807, 2.05) is 19.1 Å². The van der Waals surface area contributed by atoms with Crippen molar-refractivity contribution in [2.24, 2.45) is 5.73 Å². The van der Waals surface area contributed by atoms with Crippen molar-refractivity contribution in [1.82, 2.24) is 19.6 Å². The smallest absolute Gasteiger partial charge is 0.269 e. The number of hydrogen-bond acceptors (Lipinski definition) is 5. The van der Waals surface area contributed by atoms with Gasteiger partial charge in [-0.15, -0.1) is 0 Å². The SMILES string of the molecule is [2H]C(C)(O)c1cc(C(N)=O)nn1[C@@H](C)Cn1ccc(-c2ccc(C#N)c(Cl)c2)n1. The molecule has 2 aromatic heterocycles. The van der Waals surface area contributed by atoms with Crippen molar-refractivity contribution >= 4 is 17.5 Å². The molecule has 3 N–H and O–H groups in total. The van der Waals surface area contributed by atoms with Gasteiger partial charge in [0.2, 0.25) is 0 Å². The molecule has 0 aliphatic carbocycles. The van der Waals surface area contributed by atoms with Gasteiger partial charge in [-0.3, -0.25) is 14.2 Å². The first kappa shape index (κ1) is 18.2. The second-order valence-corrected chi connectivity index (χ2v) is 6.79. The summed E-state index contributed by atoms with van der Waals surface area (Å²) in [5.74, 6) is -0.736. The minimum atomic E-state index is -1.94. The molecule has 2 heterocycles. The number of aromatic nitrogens is 4. The molecule has 3 aromatic rings. The van der Waals surface area contributed by atoms with Gasteiger partial charge in [0.1, 0.15) is 11.8 Å². The number of halogens is 1. The van der Waals surface area contributed by atoms with Crippen molar-refractivity contribution in [3.05, 3.63) is 58.5 Å². The summed E-state index contributed by atoms with van der Waals surface area (Å²) >= 11 is 6.09. The van der Waals surface area contributed by atoms with E-state index in [-0.39, 0.29) is 17.4 Å². The van der Waals surface area contributed by atoms with E-state index < -0.39 is 12.0 Å². The lowest BCUT2D eigenvalue weighted by Gasteiger charge is -2.17. The highest BCUT2D eigenvalue weighted by atomic mass is 35.5. The van der Waals surface area contributed by atoms with Crippen LogP contribution in [-0.4, -0.2) is 30.6 Å². The summed E-state index contributed by atoms with van der Waals surface area (Å²) in [4.78, 5) is 11.5. The zero-order chi connectivity index (χ0) is 21.3. The molecular formula is C19H19ClN6O2. The van der Waals surface area contributed by atoms with Crippen molar-refractivity contribution in [1.29, 1.82) is 5.26 Å². The van der Waals surface area contributed by atoms with Gasteiger partial charge in [0.25, 0.3) is 5.91 Å². The third kappa shape index (κ3) is 3.91. The predicted molar refractivity (Wildman–Crippen MR) is 103 cm³/mol. The van der Waals surface area contributed by atoms with Gasteiger partial charge < -0.3 is 10.8 Å². The first-order valence-corrected chi connectivity index (χ1v) is 8.83. The van der Waals surface area contributed by atoms with E-state index in [0.29, 0.717) is 22.8 Å². The van der Waals surface area contributed by atoms with E-state index >= 15 is 0 Å². The monoisotopic (exact) mass is 399 g/mol. The number of amides is 1. The fourth-order valence-electron chi connectivity index (χ4n) is 2.85. The molecule has 1 aromatic carbocycles. The summed E-state index contributed by atoms with van der Waals surface area (Å²) in [6.45, 7) is 3.48. The molecule has 3 rings (SSSR count). The highest BCUT2D eigenvalue weighted by Crippen LogP contribution is 2.25. The molecule has 0 fully saturated rings. The van der Waals surface area contributed by atoms with Gasteiger partial charge in [0, 0.05) is 11.8 Å². The molecule has 0 aliphatic rings. The number of primary amides is 1. The van der Waals surface area contributed by atoms with Gasteiger partial charge >= 0.3 is 0 Å². The fraction of sp³-hybridized carbons (Fsp3) is 0.263. The molecule has 1 unspecified atom stereocenters. The lowest BCUT2D eigenvalue weighted by molar-refractivity contribution is 0.0994. The van der Waals surface area contributed by atoms with E-state index in [1.165, 1.54) is 17.7 Å². The molecule has 0 saturated carbocycles. The number of nitriles is 1. The Morgan fingerprint density at radius 3 is 2.75 bits per heavy atom. The van der Waals surface area contributed by atoms with Crippen LogP contribution >= 0.6 is 11.6 Å². The molecule has 0 bridgehead atoms. The second-order valence-electron chi connectivity index (χ2n) is 6.39. The molecule has 0 spiro atoms. The molecular weight excluding hydrogens is 380 g/mol. The quantitative estimate of drug-likeness (QED) is 0.659. The summed E-state index contributed by atoms with van der Waals surface area (Å²) in [5, 5.41) is 28.1. The molecule has 28 heavy (non-hydrogen) atoms.